The summed E-state index contributed by atoms with van der Waals surface area (Å²) in [6.07, 6.45) is 0.0184. The van der Waals surface area contributed by atoms with Gasteiger partial charge in [0.15, 0.2) is 10.9 Å². The molecule has 0 aliphatic carbocycles. The second kappa shape index (κ2) is 7.26. The summed E-state index contributed by atoms with van der Waals surface area (Å²) in [6, 6.07) is 8.13. The highest BCUT2D eigenvalue weighted by molar-refractivity contribution is 7.14. The van der Waals surface area contributed by atoms with Crippen molar-refractivity contribution in [1.82, 2.24) is 4.98 Å². The van der Waals surface area contributed by atoms with E-state index >= 15 is 0 Å². The Bertz CT molecular complexity index is 952. The highest BCUT2D eigenvalue weighted by Crippen LogP contribution is 2.32. The third kappa shape index (κ3) is 4.19. The van der Waals surface area contributed by atoms with Crippen molar-refractivity contribution in [2.45, 2.75) is 6.42 Å². The zero-order chi connectivity index (χ0) is 18.0. The summed E-state index contributed by atoms with van der Waals surface area (Å²) in [5, 5.41) is 5.57. The van der Waals surface area contributed by atoms with E-state index in [4.69, 9.17) is 33.4 Å². The molecule has 0 saturated heterocycles. The number of benzene rings is 1. The first-order chi connectivity index (χ1) is 11.9. The van der Waals surface area contributed by atoms with Crippen molar-refractivity contribution < 1.29 is 14.0 Å². The smallest absolute Gasteiger partial charge is 0.293 e. The number of nitrogens with one attached hydrogen (secondary N) is 1. The van der Waals surface area contributed by atoms with Crippen LogP contribution in [-0.4, -0.2) is 16.8 Å². The van der Waals surface area contributed by atoms with E-state index in [0.717, 1.165) is 0 Å². The third-order valence-electron chi connectivity index (χ3n) is 3.15. The fourth-order valence-corrected chi connectivity index (χ4v) is 3.16. The summed E-state index contributed by atoms with van der Waals surface area (Å²) in [7, 11) is 0. The van der Waals surface area contributed by atoms with Crippen molar-refractivity contribution in [2.75, 3.05) is 5.32 Å². The van der Waals surface area contributed by atoms with Crippen LogP contribution < -0.4 is 11.1 Å². The van der Waals surface area contributed by atoms with Gasteiger partial charge in [-0.3, -0.25) is 14.9 Å². The van der Waals surface area contributed by atoms with E-state index in [1.807, 2.05) is 0 Å². The van der Waals surface area contributed by atoms with Crippen LogP contribution >= 0.6 is 34.5 Å². The van der Waals surface area contributed by atoms with Crippen LogP contribution in [0, 0.1) is 0 Å². The summed E-state index contributed by atoms with van der Waals surface area (Å²) in [6.45, 7) is 0. The number of halogens is 2. The van der Waals surface area contributed by atoms with E-state index in [1.165, 1.54) is 17.4 Å². The molecule has 25 heavy (non-hydrogen) atoms. The molecule has 0 saturated carbocycles. The summed E-state index contributed by atoms with van der Waals surface area (Å²) in [4.78, 5) is 27.2. The predicted molar refractivity (Wildman–Crippen MR) is 97.1 cm³/mol. The van der Waals surface area contributed by atoms with E-state index in [0.29, 0.717) is 32.2 Å². The normalized spacial score (nSPS) is 10.6. The first-order valence-corrected chi connectivity index (χ1v) is 8.65. The molecule has 3 aromatic rings. The molecule has 2 heterocycles. The van der Waals surface area contributed by atoms with Gasteiger partial charge >= 0.3 is 0 Å². The van der Waals surface area contributed by atoms with Crippen LogP contribution in [0.25, 0.3) is 11.3 Å². The number of nitrogens with zero attached hydrogens (tertiary/aromatic N) is 1. The van der Waals surface area contributed by atoms with Crippen molar-refractivity contribution in [3.8, 4) is 11.3 Å². The van der Waals surface area contributed by atoms with Crippen LogP contribution in [0.15, 0.2) is 40.1 Å². The van der Waals surface area contributed by atoms with E-state index in [2.05, 4.69) is 10.3 Å². The zero-order valence-corrected chi connectivity index (χ0v) is 14.9. The number of hydrogen-bond donors (Lipinski definition) is 2. The average molecular weight is 396 g/mol. The van der Waals surface area contributed by atoms with E-state index in [-0.39, 0.29) is 12.2 Å². The van der Waals surface area contributed by atoms with Gasteiger partial charge in [0.2, 0.25) is 5.91 Å². The Morgan fingerprint density at radius 2 is 2.04 bits per heavy atom. The topological polar surface area (TPSA) is 98.2 Å². The fraction of sp³-hybridized carbons (Fsp3) is 0.0625. The van der Waals surface area contributed by atoms with Gasteiger partial charge in [0.1, 0.15) is 5.76 Å². The zero-order valence-electron chi connectivity index (χ0n) is 12.6. The molecule has 9 heteroatoms. The van der Waals surface area contributed by atoms with E-state index in [1.54, 1.807) is 29.6 Å². The number of thiazole rings is 1. The molecule has 2 amide bonds. The Morgan fingerprint density at radius 3 is 2.80 bits per heavy atom. The Kier molecular flexibility index (Phi) is 5.08. The van der Waals surface area contributed by atoms with Gasteiger partial charge in [-0.05, 0) is 30.3 Å². The highest BCUT2D eigenvalue weighted by atomic mass is 35.5. The Morgan fingerprint density at radius 1 is 1.24 bits per heavy atom. The number of aromatic nitrogens is 1. The number of primary amides is 1. The molecular formula is C16H11Cl2N3O3S. The number of nitrogens with two attached hydrogens (primary N) is 1. The molecule has 0 fully saturated rings. The summed E-state index contributed by atoms with van der Waals surface area (Å²) >= 11 is 13.3. The predicted octanol–water partition coefficient (Wildman–Crippen LogP) is 3.99. The molecular weight excluding hydrogens is 385 g/mol. The van der Waals surface area contributed by atoms with Crippen molar-refractivity contribution >= 4 is 51.5 Å². The number of anilines is 1. The molecule has 0 radical (unpaired) electrons. The van der Waals surface area contributed by atoms with Gasteiger partial charge in [0.25, 0.3) is 5.91 Å². The van der Waals surface area contributed by atoms with Gasteiger partial charge in [-0.15, -0.1) is 11.3 Å². The van der Waals surface area contributed by atoms with Crippen molar-refractivity contribution in [3.63, 3.8) is 0 Å². The van der Waals surface area contributed by atoms with E-state index in [9.17, 15) is 9.59 Å². The van der Waals surface area contributed by atoms with Crippen molar-refractivity contribution in [3.05, 3.63) is 57.2 Å². The third-order valence-corrected chi connectivity index (χ3v) is 4.52. The molecule has 6 nitrogen and oxygen atoms in total. The number of carbonyl (C=O) groups excluding carboxylic acids is 2. The highest BCUT2D eigenvalue weighted by Gasteiger charge is 2.16. The standard InChI is InChI=1S/C16H11Cl2N3O3S/c17-8-1-2-11(18)10(5-8)12-3-4-13(24-12)15(23)21-16-20-9(7-25-16)6-14(19)22/h1-5,7H,6H2,(H2,19,22)(H,20,21,23). The van der Waals surface area contributed by atoms with E-state index < -0.39 is 11.8 Å². The van der Waals surface area contributed by atoms with Gasteiger partial charge < -0.3 is 10.2 Å². The number of rotatable bonds is 5. The minimum atomic E-state index is -0.489. The summed E-state index contributed by atoms with van der Waals surface area (Å²) in [5.74, 6) is -0.439. The lowest BCUT2D eigenvalue weighted by atomic mass is 10.2. The van der Waals surface area contributed by atoms with Gasteiger partial charge in [-0.25, -0.2) is 4.98 Å². The van der Waals surface area contributed by atoms with Crippen LogP contribution in [0.5, 0.6) is 0 Å². The number of hydrogen-bond acceptors (Lipinski definition) is 5. The van der Waals surface area contributed by atoms with Gasteiger partial charge in [0, 0.05) is 16.0 Å². The maximum absolute atomic E-state index is 12.3. The van der Waals surface area contributed by atoms with Crippen molar-refractivity contribution in [2.24, 2.45) is 5.73 Å². The lowest BCUT2D eigenvalue weighted by Crippen LogP contribution is -2.14. The molecule has 0 unspecified atom stereocenters. The SMILES string of the molecule is NC(=O)Cc1csc(NC(=O)c2ccc(-c3cc(Cl)ccc3Cl)o2)n1. The largest absolute Gasteiger partial charge is 0.451 e. The maximum Gasteiger partial charge on any atom is 0.293 e. The minimum Gasteiger partial charge on any atom is -0.451 e. The molecule has 0 aliphatic rings. The fourth-order valence-electron chi connectivity index (χ4n) is 2.07. The molecule has 2 aromatic heterocycles. The maximum atomic E-state index is 12.3. The van der Waals surface area contributed by atoms with Crippen LogP contribution in [0.2, 0.25) is 10.0 Å². The second-order valence-electron chi connectivity index (χ2n) is 5.03. The molecule has 1 aromatic carbocycles. The monoisotopic (exact) mass is 395 g/mol. The first kappa shape index (κ1) is 17.5. The summed E-state index contributed by atoms with van der Waals surface area (Å²) in [5.41, 5.74) is 6.20. The van der Waals surface area contributed by atoms with Gasteiger partial charge in [0.05, 0.1) is 17.1 Å². The Labute approximate surface area is 156 Å². The van der Waals surface area contributed by atoms with Crippen LogP contribution in [0.4, 0.5) is 5.13 Å². The number of carbonyl (C=O) groups is 2. The molecule has 3 N–H and O–H groups in total. The molecule has 128 valence electrons. The second-order valence-corrected chi connectivity index (χ2v) is 6.73. The minimum absolute atomic E-state index is 0.0184. The Hall–Kier alpha value is -2.35. The molecule has 0 aliphatic heterocycles. The van der Waals surface area contributed by atoms with Crippen LogP contribution in [0.3, 0.4) is 0 Å². The number of amides is 2. The lowest BCUT2D eigenvalue weighted by Gasteiger charge is -2.02. The quantitative estimate of drug-likeness (QED) is 0.681. The summed E-state index contributed by atoms with van der Waals surface area (Å²) < 4.78 is 5.56. The first-order valence-electron chi connectivity index (χ1n) is 7.01. The van der Waals surface area contributed by atoms with Crippen LogP contribution in [-0.2, 0) is 11.2 Å². The lowest BCUT2D eigenvalue weighted by molar-refractivity contribution is -0.117. The van der Waals surface area contributed by atoms with Gasteiger partial charge in [-0.1, -0.05) is 23.2 Å². The average Bonchev–Trinajstić information content (AvgIpc) is 3.19. The Balaban J connectivity index is 1.75. The molecule has 0 spiro atoms. The van der Waals surface area contributed by atoms with Crippen LogP contribution in [0.1, 0.15) is 16.2 Å². The molecule has 0 bridgehead atoms. The molecule has 3 rings (SSSR count). The number of furan rings is 1. The molecule has 0 atom stereocenters. The van der Waals surface area contributed by atoms with Crippen molar-refractivity contribution in [1.29, 1.82) is 0 Å². The van der Waals surface area contributed by atoms with Gasteiger partial charge in [-0.2, -0.15) is 0 Å².